The van der Waals surface area contributed by atoms with Gasteiger partial charge in [-0.1, -0.05) is 23.5 Å². The fourth-order valence-electron chi connectivity index (χ4n) is 5.14. The van der Waals surface area contributed by atoms with Crippen LogP contribution in [0, 0.1) is 27.7 Å². The average molecular weight is 685 g/mol. The van der Waals surface area contributed by atoms with Crippen molar-refractivity contribution in [1.82, 2.24) is 9.97 Å². The third-order valence-corrected chi connectivity index (χ3v) is 10.5. The van der Waals surface area contributed by atoms with E-state index in [-0.39, 0.29) is 0 Å². The van der Waals surface area contributed by atoms with Gasteiger partial charge in [0.2, 0.25) is 0 Å². The number of hydrogen-bond acceptors (Lipinski definition) is 10. The maximum atomic E-state index is 5.76. The fourth-order valence-corrected chi connectivity index (χ4v) is 8.28. The van der Waals surface area contributed by atoms with Gasteiger partial charge in [0.05, 0.1) is 25.6 Å². The van der Waals surface area contributed by atoms with Gasteiger partial charge in [-0.05, 0) is 123 Å². The molecule has 0 spiro atoms. The van der Waals surface area contributed by atoms with Crippen LogP contribution >= 0.6 is 46.2 Å². The summed E-state index contributed by atoms with van der Waals surface area (Å²) >= 11 is 6.45. The molecule has 0 fully saturated rings. The van der Waals surface area contributed by atoms with Crippen molar-refractivity contribution in [2.24, 2.45) is 0 Å². The Hall–Kier alpha value is -3.96. The summed E-state index contributed by atoms with van der Waals surface area (Å²) in [6.07, 6.45) is 0. The van der Waals surface area contributed by atoms with Gasteiger partial charge in [-0.25, -0.2) is 9.97 Å². The van der Waals surface area contributed by atoms with E-state index in [1.165, 1.54) is 75.6 Å². The smallest absolute Gasteiger partial charge is 0.180 e. The maximum Gasteiger partial charge on any atom is 0.180 e. The van der Waals surface area contributed by atoms with E-state index in [2.05, 4.69) is 86.2 Å². The van der Waals surface area contributed by atoms with Gasteiger partial charge in [0, 0.05) is 41.5 Å². The summed E-state index contributed by atoms with van der Waals surface area (Å²) in [7, 11) is 3.36. The third kappa shape index (κ3) is 8.24. The number of rotatable bonds is 8. The second-order valence-corrected chi connectivity index (χ2v) is 14.6. The van der Waals surface area contributed by atoms with E-state index in [1.807, 2.05) is 35.0 Å². The summed E-state index contributed by atoms with van der Waals surface area (Å²) in [5.41, 5.74) is 20.7. The lowest BCUT2D eigenvalue weighted by Crippen LogP contribution is -1.91. The second-order valence-electron chi connectivity index (χ2n) is 10.6. The minimum atomic E-state index is 0.607. The van der Waals surface area contributed by atoms with E-state index in [0.717, 1.165) is 22.9 Å². The predicted molar refractivity (Wildman–Crippen MR) is 197 cm³/mol. The monoisotopic (exact) mass is 684 g/mol. The number of nitrogen functional groups attached to an aromatic ring is 2. The SMILES string of the molecule is COc1ccc(Sc2cc(C)c(-c3csc(N)n3)c(C)c2)cc1.COc1ccc(Sc2cc(C)c(-c3csc(N)n3)c(C)c2)cc1. The number of anilines is 2. The molecule has 4 aromatic carbocycles. The van der Waals surface area contributed by atoms with E-state index in [1.54, 1.807) is 37.7 Å². The van der Waals surface area contributed by atoms with Crippen LogP contribution in [0.2, 0.25) is 0 Å². The molecule has 10 heteroatoms. The minimum absolute atomic E-state index is 0.607. The summed E-state index contributed by atoms with van der Waals surface area (Å²) in [6.45, 7) is 8.48. The van der Waals surface area contributed by atoms with Crippen LogP contribution in [-0.4, -0.2) is 24.2 Å². The zero-order chi connectivity index (χ0) is 32.8. The first-order chi connectivity index (χ1) is 22.1. The lowest BCUT2D eigenvalue weighted by molar-refractivity contribution is 0.414. The molecule has 0 amide bonds. The Kier molecular flexibility index (Phi) is 11.0. The Morgan fingerprint density at radius 2 is 0.848 bits per heavy atom. The Morgan fingerprint density at radius 3 is 1.11 bits per heavy atom. The summed E-state index contributed by atoms with van der Waals surface area (Å²) in [5, 5.41) is 5.24. The summed E-state index contributed by atoms with van der Waals surface area (Å²) in [4.78, 5) is 13.6. The predicted octanol–water partition coefficient (Wildman–Crippen LogP) is 10.3. The van der Waals surface area contributed by atoms with Crippen molar-refractivity contribution in [2.75, 3.05) is 25.7 Å². The van der Waals surface area contributed by atoms with Crippen molar-refractivity contribution < 1.29 is 9.47 Å². The normalized spacial score (nSPS) is 10.7. The molecule has 0 aliphatic carbocycles. The highest BCUT2D eigenvalue weighted by Crippen LogP contribution is 2.37. The molecule has 0 aliphatic heterocycles. The van der Waals surface area contributed by atoms with Gasteiger partial charge in [-0.15, -0.1) is 22.7 Å². The molecule has 236 valence electrons. The number of benzene rings is 4. The number of aromatic nitrogens is 2. The number of methoxy groups -OCH3 is 2. The molecule has 0 bridgehead atoms. The minimum Gasteiger partial charge on any atom is -0.497 e. The summed E-state index contributed by atoms with van der Waals surface area (Å²) < 4.78 is 10.4. The Balaban J connectivity index is 0.000000181. The number of ether oxygens (including phenoxy) is 2. The summed E-state index contributed by atoms with van der Waals surface area (Å²) in [6, 6.07) is 25.0. The lowest BCUT2D eigenvalue weighted by Gasteiger charge is -2.11. The van der Waals surface area contributed by atoms with E-state index in [9.17, 15) is 0 Å². The van der Waals surface area contributed by atoms with Gasteiger partial charge in [0.1, 0.15) is 11.5 Å². The van der Waals surface area contributed by atoms with E-state index in [0.29, 0.717) is 10.3 Å². The molecular formula is C36H36N4O2S4. The van der Waals surface area contributed by atoms with Gasteiger partial charge in [0.15, 0.2) is 10.3 Å². The summed E-state index contributed by atoms with van der Waals surface area (Å²) in [5.74, 6) is 1.75. The quantitative estimate of drug-likeness (QED) is 0.164. The second kappa shape index (κ2) is 15.1. The van der Waals surface area contributed by atoms with Crippen LogP contribution in [0.3, 0.4) is 0 Å². The molecule has 2 heterocycles. The van der Waals surface area contributed by atoms with Gasteiger partial charge in [-0.2, -0.15) is 0 Å². The number of thiazole rings is 2. The zero-order valence-corrected chi connectivity index (χ0v) is 29.8. The number of nitrogens with zero attached hydrogens (tertiary/aromatic N) is 2. The van der Waals surface area contributed by atoms with Crippen molar-refractivity contribution in [3.63, 3.8) is 0 Å². The standard InChI is InChI=1S/2C18H18N2OS2/c2*1-11-8-15(23-14-6-4-13(21-3)5-7-14)9-12(2)17(11)16-10-22-18(19)20-16/h2*4-10H,1-3H3,(H2,19,20). The molecule has 0 atom stereocenters. The molecule has 0 aliphatic rings. The fraction of sp³-hybridized carbons (Fsp3) is 0.167. The first-order valence-corrected chi connectivity index (χ1v) is 17.8. The number of nitrogens with two attached hydrogens (primary N) is 2. The van der Waals surface area contributed by atoms with E-state index >= 15 is 0 Å². The third-order valence-electron chi connectivity index (χ3n) is 7.16. The molecule has 46 heavy (non-hydrogen) atoms. The van der Waals surface area contributed by atoms with Gasteiger partial charge >= 0.3 is 0 Å². The van der Waals surface area contributed by atoms with Gasteiger partial charge in [0.25, 0.3) is 0 Å². The van der Waals surface area contributed by atoms with Crippen molar-refractivity contribution in [3.05, 3.63) is 106 Å². The molecule has 0 saturated carbocycles. The topological polar surface area (TPSA) is 96.3 Å². The molecule has 0 saturated heterocycles. The molecule has 0 radical (unpaired) electrons. The Morgan fingerprint density at radius 1 is 0.522 bits per heavy atom. The molecule has 6 rings (SSSR count). The first kappa shape index (κ1) is 33.4. The molecule has 2 aromatic heterocycles. The van der Waals surface area contributed by atoms with E-state index in [4.69, 9.17) is 20.9 Å². The number of hydrogen-bond donors (Lipinski definition) is 2. The zero-order valence-electron chi connectivity index (χ0n) is 26.6. The van der Waals surface area contributed by atoms with Crippen molar-refractivity contribution in [1.29, 1.82) is 0 Å². The highest BCUT2D eigenvalue weighted by atomic mass is 32.2. The molecule has 6 aromatic rings. The Labute approximate surface area is 287 Å². The van der Waals surface area contributed by atoms with Crippen molar-refractivity contribution in [2.45, 2.75) is 47.3 Å². The van der Waals surface area contributed by atoms with Crippen molar-refractivity contribution in [3.8, 4) is 34.0 Å². The van der Waals surface area contributed by atoms with Gasteiger partial charge < -0.3 is 20.9 Å². The van der Waals surface area contributed by atoms with Crippen LogP contribution in [0.4, 0.5) is 10.3 Å². The number of aryl methyl sites for hydroxylation is 4. The highest BCUT2D eigenvalue weighted by Gasteiger charge is 2.13. The first-order valence-electron chi connectivity index (χ1n) is 14.4. The molecule has 6 nitrogen and oxygen atoms in total. The largest absolute Gasteiger partial charge is 0.497 e. The van der Waals surface area contributed by atoms with Crippen LogP contribution in [0.5, 0.6) is 11.5 Å². The molecule has 0 unspecified atom stereocenters. The highest BCUT2D eigenvalue weighted by molar-refractivity contribution is 7.99. The molecular weight excluding hydrogens is 649 g/mol. The van der Waals surface area contributed by atoms with Crippen LogP contribution in [0.25, 0.3) is 22.5 Å². The van der Waals surface area contributed by atoms with Gasteiger partial charge in [-0.3, -0.25) is 0 Å². The lowest BCUT2D eigenvalue weighted by atomic mass is 10.0. The van der Waals surface area contributed by atoms with Crippen LogP contribution in [0.15, 0.2) is 103 Å². The van der Waals surface area contributed by atoms with Crippen LogP contribution < -0.4 is 20.9 Å². The van der Waals surface area contributed by atoms with Crippen LogP contribution in [0.1, 0.15) is 22.3 Å². The maximum absolute atomic E-state index is 5.76. The van der Waals surface area contributed by atoms with Crippen LogP contribution in [-0.2, 0) is 0 Å². The molecule has 4 N–H and O–H groups in total. The van der Waals surface area contributed by atoms with Crippen molar-refractivity contribution >= 4 is 56.5 Å². The average Bonchev–Trinajstić information content (AvgIpc) is 3.65. The Bertz CT molecular complexity index is 1750. The van der Waals surface area contributed by atoms with E-state index < -0.39 is 0 Å².